The first-order chi connectivity index (χ1) is 8.31. The van der Waals surface area contributed by atoms with Crippen molar-refractivity contribution in [1.29, 1.82) is 5.26 Å². The molecule has 1 heterocycles. The predicted molar refractivity (Wildman–Crippen MR) is 83.4 cm³/mol. The van der Waals surface area contributed by atoms with Gasteiger partial charge in [0.25, 0.3) is 0 Å². The number of benzene rings is 1. The largest absolute Gasteiger partial charge is 0.314 e. The molecule has 0 aliphatic carbocycles. The molecule has 106 valence electrons. The highest BCUT2D eigenvalue weighted by molar-refractivity contribution is 6.30. The van der Waals surface area contributed by atoms with Crippen molar-refractivity contribution >= 4 is 36.4 Å². The van der Waals surface area contributed by atoms with Crippen molar-refractivity contribution in [2.75, 3.05) is 26.2 Å². The maximum absolute atomic E-state index is 8.97. The summed E-state index contributed by atoms with van der Waals surface area (Å²) in [5, 5.41) is 13.0. The number of hydrogen-bond donors (Lipinski definition) is 1. The molecule has 0 bridgehead atoms. The van der Waals surface area contributed by atoms with E-state index in [0.717, 1.165) is 36.8 Å². The van der Waals surface area contributed by atoms with Crippen LogP contribution in [-0.2, 0) is 0 Å². The molecule has 0 radical (unpaired) electrons. The standard InChI is InChI=1S/C13H16ClN3.2ClH/c14-12-3-1-2-11(10-12)13(4-5-15)17-8-6-16-7-9-17;;/h1-3,10,13,16H,4,6-9H2;2*1H/t13-;;/m0../s1. The Hall–Kier alpha value is -0.500. The van der Waals surface area contributed by atoms with Crippen LogP contribution in [0.1, 0.15) is 18.0 Å². The summed E-state index contributed by atoms with van der Waals surface area (Å²) < 4.78 is 0. The van der Waals surface area contributed by atoms with E-state index >= 15 is 0 Å². The Balaban J connectivity index is 0.00000162. The van der Waals surface area contributed by atoms with Crippen LogP contribution in [0.15, 0.2) is 24.3 Å². The fourth-order valence-electron chi connectivity index (χ4n) is 2.25. The summed E-state index contributed by atoms with van der Waals surface area (Å²) in [7, 11) is 0. The van der Waals surface area contributed by atoms with Gasteiger partial charge >= 0.3 is 0 Å². The van der Waals surface area contributed by atoms with Gasteiger partial charge in [-0.2, -0.15) is 5.26 Å². The summed E-state index contributed by atoms with van der Waals surface area (Å²) in [6.45, 7) is 3.95. The van der Waals surface area contributed by atoms with Crippen molar-refractivity contribution in [3.05, 3.63) is 34.9 Å². The van der Waals surface area contributed by atoms with E-state index in [4.69, 9.17) is 16.9 Å². The van der Waals surface area contributed by atoms with E-state index in [9.17, 15) is 0 Å². The number of piperazine rings is 1. The molecule has 6 heteroatoms. The van der Waals surface area contributed by atoms with Crippen LogP contribution in [0.25, 0.3) is 0 Å². The second-order valence-corrected chi connectivity index (χ2v) is 4.66. The van der Waals surface area contributed by atoms with E-state index in [0.29, 0.717) is 6.42 Å². The van der Waals surface area contributed by atoms with Crippen LogP contribution in [0.2, 0.25) is 5.02 Å². The van der Waals surface area contributed by atoms with Gasteiger partial charge in [0.2, 0.25) is 0 Å². The van der Waals surface area contributed by atoms with Crippen molar-refractivity contribution in [2.24, 2.45) is 0 Å². The predicted octanol–water partition coefficient (Wildman–Crippen LogP) is 3.04. The zero-order valence-electron chi connectivity index (χ0n) is 10.5. The maximum atomic E-state index is 8.97. The highest BCUT2D eigenvalue weighted by Crippen LogP contribution is 2.26. The molecule has 2 rings (SSSR count). The van der Waals surface area contributed by atoms with Gasteiger partial charge in [-0.15, -0.1) is 24.8 Å². The number of nitrogens with one attached hydrogen (secondary N) is 1. The van der Waals surface area contributed by atoms with Gasteiger partial charge in [0, 0.05) is 37.2 Å². The molecule has 3 nitrogen and oxygen atoms in total. The molecular weight excluding hydrogens is 305 g/mol. The normalized spacial score (nSPS) is 16.6. The minimum absolute atomic E-state index is 0. The molecule has 1 saturated heterocycles. The molecule has 1 fully saturated rings. The monoisotopic (exact) mass is 321 g/mol. The number of hydrogen-bond acceptors (Lipinski definition) is 3. The van der Waals surface area contributed by atoms with Crippen LogP contribution >= 0.6 is 36.4 Å². The zero-order chi connectivity index (χ0) is 12.1. The smallest absolute Gasteiger partial charge is 0.0641 e. The van der Waals surface area contributed by atoms with E-state index in [1.807, 2.05) is 18.2 Å². The van der Waals surface area contributed by atoms with Gasteiger partial charge in [-0.3, -0.25) is 4.90 Å². The quantitative estimate of drug-likeness (QED) is 0.929. The Morgan fingerprint density at radius 2 is 2.00 bits per heavy atom. The SMILES string of the molecule is Cl.Cl.N#CC[C@@H](c1cccc(Cl)c1)N1CCNCC1. The van der Waals surface area contributed by atoms with Gasteiger partial charge in [0.05, 0.1) is 12.5 Å². The Bertz CT molecular complexity index is 414. The van der Waals surface area contributed by atoms with Gasteiger partial charge < -0.3 is 5.32 Å². The van der Waals surface area contributed by atoms with Crippen LogP contribution in [0.3, 0.4) is 0 Å². The molecule has 1 aliphatic heterocycles. The van der Waals surface area contributed by atoms with Crippen LogP contribution in [0, 0.1) is 11.3 Å². The van der Waals surface area contributed by atoms with E-state index in [2.05, 4.69) is 22.4 Å². The lowest BCUT2D eigenvalue weighted by Gasteiger charge is -2.34. The highest BCUT2D eigenvalue weighted by Gasteiger charge is 2.21. The third-order valence-corrected chi connectivity index (χ3v) is 3.35. The fraction of sp³-hybridized carbons (Fsp3) is 0.462. The average Bonchev–Trinajstić information content (AvgIpc) is 2.37. The maximum Gasteiger partial charge on any atom is 0.0641 e. The molecule has 1 N–H and O–H groups in total. The van der Waals surface area contributed by atoms with Gasteiger partial charge in [0.15, 0.2) is 0 Å². The minimum atomic E-state index is 0. The third kappa shape index (κ3) is 5.18. The van der Waals surface area contributed by atoms with Crippen molar-refractivity contribution in [3.63, 3.8) is 0 Å². The molecule has 0 amide bonds. The lowest BCUT2D eigenvalue weighted by Crippen LogP contribution is -2.45. The number of halogens is 3. The third-order valence-electron chi connectivity index (χ3n) is 3.11. The van der Waals surface area contributed by atoms with Crippen molar-refractivity contribution in [1.82, 2.24) is 10.2 Å². The van der Waals surface area contributed by atoms with Crippen molar-refractivity contribution in [2.45, 2.75) is 12.5 Å². The summed E-state index contributed by atoms with van der Waals surface area (Å²) >= 11 is 6.01. The highest BCUT2D eigenvalue weighted by atomic mass is 35.5. The average molecular weight is 323 g/mol. The first kappa shape index (κ1) is 18.5. The molecule has 19 heavy (non-hydrogen) atoms. The molecule has 0 unspecified atom stereocenters. The summed E-state index contributed by atoms with van der Waals surface area (Å²) in [6.07, 6.45) is 0.514. The molecule has 1 atom stereocenters. The summed E-state index contributed by atoms with van der Waals surface area (Å²) in [5.74, 6) is 0. The first-order valence-corrected chi connectivity index (χ1v) is 6.26. The zero-order valence-corrected chi connectivity index (χ0v) is 12.9. The minimum Gasteiger partial charge on any atom is -0.314 e. The number of nitrogens with zero attached hydrogens (tertiary/aromatic N) is 2. The van der Waals surface area contributed by atoms with Crippen molar-refractivity contribution in [3.8, 4) is 6.07 Å². The van der Waals surface area contributed by atoms with E-state index in [1.165, 1.54) is 0 Å². The second-order valence-electron chi connectivity index (χ2n) is 4.22. The lowest BCUT2D eigenvalue weighted by molar-refractivity contribution is 0.175. The van der Waals surface area contributed by atoms with E-state index in [1.54, 1.807) is 0 Å². The van der Waals surface area contributed by atoms with E-state index in [-0.39, 0.29) is 30.9 Å². The molecule has 0 saturated carbocycles. The van der Waals surface area contributed by atoms with Crippen LogP contribution in [0.4, 0.5) is 0 Å². The summed E-state index contributed by atoms with van der Waals surface area (Å²) in [6, 6.07) is 10.3. The molecule has 1 aromatic carbocycles. The Morgan fingerprint density at radius 1 is 1.32 bits per heavy atom. The number of nitriles is 1. The molecular formula is C13H18Cl3N3. The van der Waals surface area contributed by atoms with E-state index < -0.39 is 0 Å². The summed E-state index contributed by atoms with van der Waals surface area (Å²) in [5.41, 5.74) is 1.14. The molecule has 1 aliphatic rings. The van der Waals surface area contributed by atoms with Crippen LogP contribution in [-0.4, -0.2) is 31.1 Å². The lowest BCUT2D eigenvalue weighted by atomic mass is 10.0. The van der Waals surface area contributed by atoms with Gasteiger partial charge in [-0.25, -0.2) is 0 Å². The molecule has 0 aromatic heterocycles. The van der Waals surface area contributed by atoms with Gasteiger partial charge in [0.1, 0.15) is 0 Å². The van der Waals surface area contributed by atoms with Crippen LogP contribution < -0.4 is 5.32 Å². The first-order valence-electron chi connectivity index (χ1n) is 5.88. The number of rotatable bonds is 3. The Kier molecular flexibility index (Phi) is 9.16. The van der Waals surface area contributed by atoms with Gasteiger partial charge in [-0.1, -0.05) is 23.7 Å². The fourth-order valence-corrected chi connectivity index (χ4v) is 2.45. The summed E-state index contributed by atoms with van der Waals surface area (Å²) in [4.78, 5) is 2.35. The van der Waals surface area contributed by atoms with Crippen LogP contribution in [0.5, 0.6) is 0 Å². The Morgan fingerprint density at radius 3 is 2.58 bits per heavy atom. The molecule has 1 aromatic rings. The molecule has 0 spiro atoms. The second kappa shape index (κ2) is 9.41. The van der Waals surface area contributed by atoms with Gasteiger partial charge in [-0.05, 0) is 17.7 Å². The Labute approximate surface area is 131 Å². The topological polar surface area (TPSA) is 39.1 Å². The van der Waals surface area contributed by atoms with Crippen molar-refractivity contribution < 1.29 is 0 Å².